The number of thiophene rings is 1. The summed E-state index contributed by atoms with van der Waals surface area (Å²) in [6, 6.07) is 7.58. The van der Waals surface area contributed by atoms with Gasteiger partial charge >= 0.3 is 0 Å². The van der Waals surface area contributed by atoms with Gasteiger partial charge in [0, 0.05) is 16.3 Å². The molecule has 0 saturated carbocycles. The van der Waals surface area contributed by atoms with E-state index in [-0.39, 0.29) is 0 Å². The molecule has 0 fully saturated rings. The number of halogens is 3. The second-order valence-corrected chi connectivity index (χ2v) is 6.21. The zero-order valence-corrected chi connectivity index (χ0v) is 12.1. The summed E-state index contributed by atoms with van der Waals surface area (Å²) in [5.74, 6) is 0. The lowest BCUT2D eigenvalue weighted by Crippen LogP contribution is -1.98. The molecule has 0 spiro atoms. The molecule has 0 atom stereocenters. The zero-order chi connectivity index (χ0) is 12.4. The van der Waals surface area contributed by atoms with E-state index in [1.807, 2.05) is 0 Å². The van der Waals surface area contributed by atoms with Gasteiger partial charge in [-0.15, -0.1) is 11.3 Å². The summed E-state index contributed by atoms with van der Waals surface area (Å²) in [7, 11) is 0. The van der Waals surface area contributed by atoms with Crippen LogP contribution in [0.15, 0.2) is 24.3 Å². The molecule has 1 aromatic heterocycles. The van der Waals surface area contributed by atoms with E-state index in [1.165, 1.54) is 9.75 Å². The minimum absolute atomic E-state index is 0.467. The molecule has 17 heavy (non-hydrogen) atoms. The highest BCUT2D eigenvalue weighted by Crippen LogP contribution is 2.32. The maximum Gasteiger partial charge on any atom is 0.0653 e. The summed E-state index contributed by atoms with van der Waals surface area (Å²) in [6.45, 7) is 2.82. The summed E-state index contributed by atoms with van der Waals surface area (Å²) in [4.78, 5) is 2.55. The summed E-state index contributed by atoms with van der Waals surface area (Å²) >= 11 is 19.6. The lowest BCUT2D eigenvalue weighted by Gasteiger charge is -2.08. The van der Waals surface area contributed by atoms with Crippen LogP contribution in [0.5, 0.6) is 0 Å². The molecule has 0 aliphatic heterocycles. The number of aryl methyl sites for hydroxylation is 1. The molecular formula is C12H10Cl3NS. The van der Waals surface area contributed by atoms with Crippen LogP contribution in [0.3, 0.4) is 0 Å². The number of benzene rings is 1. The van der Waals surface area contributed by atoms with E-state index in [0.29, 0.717) is 15.1 Å². The van der Waals surface area contributed by atoms with E-state index in [4.69, 9.17) is 34.8 Å². The fourth-order valence-corrected chi connectivity index (χ4v) is 2.86. The molecule has 1 nitrogen and oxygen atoms in total. The summed E-state index contributed by atoms with van der Waals surface area (Å²) in [5.41, 5.74) is 0.798. The molecule has 1 N–H and O–H groups in total. The monoisotopic (exact) mass is 305 g/mol. The Bertz CT molecular complexity index is 537. The molecule has 1 aromatic carbocycles. The lowest BCUT2D eigenvalue weighted by molar-refractivity contribution is 1.19. The number of hydrogen-bond acceptors (Lipinski definition) is 2. The van der Waals surface area contributed by atoms with Gasteiger partial charge in [-0.05, 0) is 31.2 Å². The van der Waals surface area contributed by atoms with E-state index < -0.39 is 0 Å². The van der Waals surface area contributed by atoms with Crippen LogP contribution in [0.4, 0.5) is 5.69 Å². The summed E-state index contributed by atoms with van der Waals surface area (Å²) < 4.78 is 0. The van der Waals surface area contributed by atoms with Crippen molar-refractivity contribution < 1.29 is 0 Å². The molecule has 5 heteroatoms. The molecule has 2 aromatic rings. The first-order valence-electron chi connectivity index (χ1n) is 5.00. The van der Waals surface area contributed by atoms with Crippen LogP contribution in [-0.2, 0) is 6.54 Å². The highest BCUT2D eigenvalue weighted by atomic mass is 35.5. The number of rotatable bonds is 3. The molecule has 0 bridgehead atoms. The highest BCUT2D eigenvalue weighted by molar-refractivity contribution is 7.11. The van der Waals surface area contributed by atoms with Gasteiger partial charge in [0.15, 0.2) is 0 Å². The Hall–Kier alpha value is -0.410. The molecule has 2 rings (SSSR count). The van der Waals surface area contributed by atoms with Gasteiger partial charge in [-0.2, -0.15) is 0 Å². The quantitative estimate of drug-likeness (QED) is 0.725. The Morgan fingerprint density at radius 2 is 1.76 bits per heavy atom. The van der Waals surface area contributed by atoms with Crippen LogP contribution < -0.4 is 5.32 Å². The van der Waals surface area contributed by atoms with Gasteiger partial charge in [0.05, 0.1) is 20.8 Å². The average molecular weight is 307 g/mol. The van der Waals surface area contributed by atoms with E-state index in [0.717, 1.165) is 12.2 Å². The molecule has 0 radical (unpaired) electrons. The van der Waals surface area contributed by atoms with Gasteiger partial charge in [0.2, 0.25) is 0 Å². The fraction of sp³-hybridized carbons (Fsp3) is 0.167. The lowest BCUT2D eigenvalue weighted by atomic mass is 10.3. The van der Waals surface area contributed by atoms with E-state index >= 15 is 0 Å². The Morgan fingerprint density at radius 1 is 1.06 bits per heavy atom. The van der Waals surface area contributed by atoms with Crippen LogP contribution in [0.2, 0.25) is 15.1 Å². The van der Waals surface area contributed by atoms with E-state index in [9.17, 15) is 0 Å². The maximum absolute atomic E-state index is 6.07. The topological polar surface area (TPSA) is 12.0 Å². The summed E-state index contributed by atoms with van der Waals surface area (Å²) in [5, 5.41) is 4.79. The van der Waals surface area contributed by atoms with Crippen molar-refractivity contribution in [2.75, 3.05) is 5.32 Å². The Balaban J connectivity index is 2.11. The van der Waals surface area contributed by atoms with E-state index in [2.05, 4.69) is 24.4 Å². The Morgan fingerprint density at radius 3 is 2.41 bits per heavy atom. The molecule has 0 amide bonds. The summed E-state index contributed by atoms with van der Waals surface area (Å²) in [6.07, 6.45) is 0. The van der Waals surface area contributed by atoms with Gasteiger partial charge in [-0.1, -0.05) is 34.8 Å². The third-order valence-corrected chi connectivity index (χ3v) is 4.29. The van der Waals surface area contributed by atoms with Crippen molar-refractivity contribution in [1.29, 1.82) is 0 Å². The molecule has 1 heterocycles. The third kappa shape index (κ3) is 3.29. The number of anilines is 1. The van der Waals surface area contributed by atoms with Crippen molar-refractivity contribution in [2.24, 2.45) is 0 Å². The van der Waals surface area contributed by atoms with Crippen molar-refractivity contribution in [3.63, 3.8) is 0 Å². The van der Waals surface area contributed by atoms with Gasteiger partial charge in [-0.3, -0.25) is 0 Å². The highest BCUT2D eigenvalue weighted by Gasteiger charge is 2.06. The van der Waals surface area contributed by atoms with Crippen molar-refractivity contribution >= 4 is 51.8 Å². The molecular weight excluding hydrogens is 297 g/mol. The van der Waals surface area contributed by atoms with Gasteiger partial charge in [-0.25, -0.2) is 0 Å². The van der Waals surface area contributed by atoms with Crippen LogP contribution >= 0.6 is 46.1 Å². The molecule has 0 aliphatic carbocycles. The fourth-order valence-electron chi connectivity index (χ4n) is 1.42. The molecule has 0 aliphatic rings. The second kappa shape index (κ2) is 5.49. The zero-order valence-electron chi connectivity index (χ0n) is 9.06. The first-order valence-corrected chi connectivity index (χ1v) is 6.95. The molecule has 0 unspecified atom stereocenters. The van der Waals surface area contributed by atoms with Crippen molar-refractivity contribution in [2.45, 2.75) is 13.5 Å². The Kier molecular flexibility index (Phi) is 4.21. The van der Waals surface area contributed by atoms with Crippen molar-refractivity contribution in [3.8, 4) is 0 Å². The average Bonchev–Trinajstić information content (AvgIpc) is 2.68. The minimum Gasteiger partial charge on any atom is -0.379 e. The molecule has 90 valence electrons. The van der Waals surface area contributed by atoms with Crippen LogP contribution in [0.1, 0.15) is 9.75 Å². The normalized spacial score (nSPS) is 10.6. The van der Waals surface area contributed by atoms with Crippen LogP contribution in [0, 0.1) is 6.92 Å². The van der Waals surface area contributed by atoms with Gasteiger partial charge in [0.25, 0.3) is 0 Å². The first kappa shape index (κ1) is 13.0. The van der Waals surface area contributed by atoms with E-state index in [1.54, 1.807) is 23.5 Å². The van der Waals surface area contributed by atoms with Crippen LogP contribution in [0.25, 0.3) is 0 Å². The second-order valence-electron chi connectivity index (χ2n) is 3.61. The van der Waals surface area contributed by atoms with Gasteiger partial charge < -0.3 is 5.32 Å². The van der Waals surface area contributed by atoms with Crippen LogP contribution in [-0.4, -0.2) is 0 Å². The first-order chi connectivity index (χ1) is 8.06. The SMILES string of the molecule is Cc1ccc(CNc2cc(Cl)c(Cl)cc2Cl)s1. The Labute approximate surface area is 119 Å². The number of nitrogens with one attached hydrogen (secondary N) is 1. The van der Waals surface area contributed by atoms with Gasteiger partial charge in [0.1, 0.15) is 0 Å². The van der Waals surface area contributed by atoms with Crippen molar-refractivity contribution in [1.82, 2.24) is 0 Å². The minimum atomic E-state index is 0.467. The predicted molar refractivity (Wildman–Crippen MR) is 77.9 cm³/mol. The standard InChI is InChI=1S/C12H10Cl3NS/c1-7-2-3-8(17-7)6-16-12-5-10(14)9(13)4-11(12)15/h2-5,16H,6H2,1H3. The van der Waals surface area contributed by atoms with Crippen molar-refractivity contribution in [3.05, 3.63) is 49.1 Å². The number of hydrogen-bond donors (Lipinski definition) is 1. The smallest absolute Gasteiger partial charge is 0.0653 e. The third-order valence-electron chi connectivity index (χ3n) is 2.26. The largest absolute Gasteiger partial charge is 0.379 e. The predicted octanol–water partition coefficient (Wildman–Crippen LogP) is 5.63. The molecule has 0 saturated heterocycles. The maximum atomic E-state index is 6.07.